The zero-order chi connectivity index (χ0) is 15.6. The number of carbonyl (C=O) groups excluding carboxylic acids is 1. The summed E-state index contributed by atoms with van der Waals surface area (Å²) in [5, 5.41) is 10.3. The smallest absolute Gasteiger partial charge is 0.265 e. The molecule has 2 aromatic rings. The Labute approximate surface area is 132 Å². The first-order chi connectivity index (χ1) is 9.90. The number of hydrogen-bond donors (Lipinski definition) is 2. The molecule has 0 aliphatic carbocycles. The fourth-order valence-electron chi connectivity index (χ4n) is 1.78. The lowest BCUT2D eigenvalue weighted by Gasteiger charge is -2.16. The first-order valence-corrected chi connectivity index (χ1v) is 7.09. The van der Waals surface area contributed by atoms with Crippen molar-refractivity contribution in [3.05, 3.63) is 39.6 Å². The molecule has 2 N–H and O–H groups in total. The van der Waals surface area contributed by atoms with Crippen LogP contribution in [0.1, 0.15) is 18.3 Å². The number of aryl methyl sites for hydroxylation is 2. The molecule has 0 saturated heterocycles. The number of halogens is 2. The Hall–Kier alpha value is -1.72. The summed E-state index contributed by atoms with van der Waals surface area (Å²) in [4.78, 5) is 12.2. The van der Waals surface area contributed by atoms with Gasteiger partial charge in [0.15, 0.2) is 6.10 Å². The number of carbonyl (C=O) groups is 1. The maximum Gasteiger partial charge on any atom is 0.265 e. The summed E-state index contributed by atoms with van der Waals surface area (Å²) >= 11 is 11.9. The van der Waals surface area contributed by atoms with Crippen molar-refractivity contribution in [3.63, 3.8) is 0 Å². The van der Waals surface area contributed by atoms with Gasteiger partial charge in [-0.1, -0.05) is 29.3 Å². The van der Waals surface area contributed by atoms with E-state index in [4.69, 9.17) is 27.9 Å². The van der Waals surface area contributed by atoms with Crippen molar-refractivity contribution in [2.75, 3.05) is 5.32 Å². The first-order valence-electron chi connectivity index (χ1n) is 6.33. The summed E-state index contributed by atoms with van der Waals surface area (Å²) in [6, 6.07) is 5.02. The summed E-state index contributed by atoms with van der Waals surface area (Å²) in [6.07, 6.45) is -0.727. The van der Waals surface area contributed by atoms with Gasteiger partial charge in [-0.3, -0.25) is 9.89 Å². The van der Waals surface area contributed by atoms with E-state index >= 15 is 0 Å². The Morgan fingerprint density at radius 1 is 1.38 bits per heavy atom. The number of H-pyrrole nitrogens is 1. The summed E-state index contributed by atoms with van der Waals surface area (Å²) < 4.78 is 5.56. The number of nitrogens with zero attached hydrogens (tertiary/aromatic N) is 1. The van der Waals surface area contributed by atoms with E-state index in [1.54, 1.807) is 32.0 Å². The molecule has 1 amide bonds. The summed E-state index contributed by atoms with van der Waals surface area (Å²) in [6.45, 7) is 5.27. The number of rotatable bonds is 4. The second kappa shape index (κ2) is 6.37. The number of anilines is 1. The van der Waals surface area contributed by atoms with Gasteiger partial charge in [-0.25, -0.2) is 0 Å². The van der Waals surface area contributed by atoms with E-state index in [9.17, 15) is 4.79 Å². The van der Waals surface area contributed by atoms with Crippen LogP contribution in [-0.4, -0.2) is 22.2 Å². The lowest BCUT2D eigenvalue weighted by atomic mass is 10.3. The Kier molecular flexibility index (Phi) is 4.75. The number of amides is 1. The Morgan fingerprint density at radius 3 is 2.71 bits per heavy atom. The van der Waals surface area contributed by atoms with Crippen LogP contribution < -0.4 is 10.1 Å². The topological polar surface area (TPSA) is 67.0 Å². The molecular weight excluding hydrogens is 313 g/mol. The third kappa shape index (κ3) is 3.49. The zero-order valence-electron chi connectivity index (χ0n) is 11.8. The summed E-state index contributed by atoms with van der Waals surface area (Å²) in [5.74, 6) is 0.0751. The van der Waals surface area contributed by atoms with Crippen LogP contribution in [0.2, 0.25) is 10.0 Å². The number of ether oxygens (including phenoxy) is 1. The lowest BCUT2D eigenvalue weighted by molar-refractivity contribution is -0.122. The molecule has 1 unspecified atom stereocenters. The molecule has 5 nitrogen and oxygen atoms in total. The van der Waals surface area contributed by atoms with Crippen LogP contribution >= 0.6 is 23.2 Å². The minimum absolute atomic E-state index is 0.287. The van der Waals surface area contributed by atoms with Crippen molar-refractivity contribution in [3.8, 4) is 5.75 Å². The monoisotopic (exact) mass is 327 g/mol. The molecule has 0 radical (unpaired) electrons. The number of nitrogens with one attached hydrogen (secondary N) is 2. The van der Waals surface area contributed by atoms with Crippen LogP contribution in [0.3, 0.4) is 0 Å². The third-order valence-corrected chi connectivity index (χ3v) is 3.77. The molecule has 1 heterocycles. The fraction of sp³-hybridized carbons (Fsp3) is 0.286. The normalized spacial score (nSPS) is 12.0. The highest BCUT2D eigenvalue weighted by Gasteiger charge is 2.19. The third-order valence-electron chi connectivity index (χ3n) is 2.97. The predicted molar refractivity (Wildman–Crippen MR) is 83.2 cm³/mol. The van der Waals surface area contributed by atoms with Gasteiger partial charge < -0.3 is 10.1 Å². The van der Waals surface area contributed by atoms with E-state index in [2.05, 4.69) is 15.5 Å². The highest BCUT2D eigenvalue weighted by Crippen LogP contribution is 2.32. The average Bonchev–Trinajstić information content (AvgIpc) is 2.75. The molecule has 0 aliphatic rings. The van der Waals surface area contributed by atoms with Crippen molar-refractivity contribution in [2.45, 2.75) is 26.9 Å². The minimum atomic E-state index is -0.727. The van der Waals surface area contributed by atoms with Gasteiger partial charge in [0.25, 0.3) is 5.91 Å². The van der Waals surface area contributed by atoms with Crippen LogP contribution in [0.5, 0.6) is 5.75 Å². The van der Waals surface area contributed by atoms with E-state index in [1.165, 1.54) is 0 Å². The molecule has 7 heteroatoms. The molecule has 2 rings (SSSR count). The van der Waals surface area contributed by atoms with Gasteiger partial charge in [-0.2, -0.15) is 5.10 Å². The molecule has 0 fully saturated rings. The van der Waals surface area contributed by atoms with Crippen LogP contribution in [0.15, 0.2) is 18.2 Å². The van der Waals surface area contributed by atoms with Gasteiger partial charge in [0.05, 0.1) is 22.1 Å². The van der Waals surface area contributed by atoms with Gasteiger partial charge in [-0.05, 0) is 32.9 Å². The first kappa shape index (κ1) is 15.7. The maximum atomic E-state index is 12.2. The quantitative estimate of drug-likeness (QED) is 0.898. The van der Waals surface area contributed by atoms with E-state index in [0.717, 1.165) is 5.69 Å². The SMILES string of the molecule is Cc1n[nH]c(C)c1NC(=O)C(C)Oc1cccc(Cl)c1Cl. The largest absolute Gasteiger partial charge is 0.479 e. The Balaban J connectivity index is 2.08. The number of hydrogen-bond acceptors (Lipinski definition) is 3. The van der Waals surface area contributed by atoms with Gasteiger partial charge in [-0.15, -0.1) is 0 Å². The molecule has 112 valence electrons. The summed E-state index contributed by atoms with van der Waals surface area (Å²) in [7, 11) is 0. The van der Waals surface area contributed by atoms with Crippen molar-refractivity contribution >= 4 is 34.8 Å². The maximum absolute atomic E-state index is 12.2. The summed E-state index contributed by atoms with van der Waals surface area (Å²) in [5.41, 5.74) is 2.16. The van der Waals surface area contributed by atoms with E-state index in [1.807, 2.05) is 6.92 Å². The number of benzene rings is 1. The highest BCUT2D eigenvalue weighted by atomic mass is 35.5. The number of aromatic amines is 1. The Bertz CT molecular complexity index is 651. The Morgan fingerprint density at radius 2 is 2.10 bits per heavy atom. The number of aromatic nitrogens is 2. The zero-order valence-corrected chi connectivity index (χ0v) is 13.3. The van der Waals surface area contributed by atoms with E-state index < -0.39 is 6.10 Å². The van der Waals surface area contributed by atoms with Crippen molar-refractivity contribution in [2.24, 2.45) is 0 Å². The molecule has 0 spiro atoms. The van der Waals surface area contributed by atoms with Gasteiger partial charge in [0, 0.05) is 0 Å². The molecule has 1 aromatic carbocycles. The van der Waals surface area contributed by atoms with Crippen molar-refractivity contribution in [1.82, 2.24) is 10.2 Å². The molecule has 1 atom stereocenters. The minimum Gasteiger partial charge on any atom is -0.479 e. The lowest BCUT2D eigenvalue weighted by Crippen LogP contribution is -2.30. The molecule has 21 heavy (non-hydrogen) atoms. The van der Waals surface area contributed by atoms with Gasteiger partial charge in [0.2, 0.25) is 0 Å². The second-order valence-electron chi connectivity index (χ2n) is 4.61. The van der Waals surface area contributed by atoms with E-state index in [-0.39, 0.29) is 10.9 Å². The highest BCUT2D eigenvalue weighted by molar-refractivity contribution is 6.42. The second-order valence-corrected chi connectivity index (χ2v) is 5.40. The van der Waals surface area contributed by atoms with Crippen molar-refractivity contribution < 1.29 is 9.53 Å². The van der Waals surface area contributed by atoms with Crippen LogP contribution in [0, 0.1) is 13.8 Å². The standard InChI is InChI=1S/C14H15Cl2N3O2/c1-7-13(8(2)19-18-7)17-14(20)9(3)21-11-6-4-5-10(15)12(11)16/h4-6,9H,1-3H3,(H,17,20)(H,18,19). The van der Waals surface area contributed by atoms with Crippen LogP contribution in [0.25, 0.3) is 0 Å². The predicted octanol–water partition coefficient (Wildman–Crippen LogP) is 3.74. The molecular formula is C14H15Cl2N3O2. The van der Waals surface area contributed by atoms with Crippen LogP contribution in [-0.2, 0) is 4.79 Å². The van der Waals surface area contributed by atoms with Crippen molar-refractivity contribution in [1.29, 1.82) is 0 Å². The molecule has 0 aliphatic heterocycles. The van der Waals surface area contributed by atoms with Crippen LogP contribution in [0.4, 0.5) is 5.69 Å². The molecule has 1 aromatic heterocycles. The van der Waals surface area contributed by atoms with Gasteiger partial charge >= 0.3 is 0 Å². The van der Waals surface area contributed by atoms with E-state index in [0.29, 0.717) is 22.2 Å². The fourth-order valence-corrected chi connectivity index (χ4v) is 2.12. The average molecular weight is 328 g/mol. The van der Waals surface area contributed by atoms with Gasteiger partial charge in [0.1, 0.15) is 10.8 Å². The molecule has 0 saturated carbocycles. The molecule has 0 bridgehead atoms.